The number of guanidine groups is 1. The molecule has 3 N–H and O–H groups in total. The fourth-order valence-electron chi connectivity index (χ4n) is 1.80. The van der Waals surface area contributed by atoms with Crippen molar-refractivity contribution < 1.29 is 9.21 Å². The second-order valence-corrected chi connectivity index (χ2v) is 6.02. The zero-order chi connectivity index (χ0) is 15.8. The molecule has 0 aliphatic rings. The molecule has 2 heterocycles. The molecule has 1 amide bonds. The van der Waals surface area contributed by atoms with Gasteiger partial charge in [0.1, 0.15) is 5.76 Å². The Morgan fingerprint density at radius 3 is 2.73 bits per heavy atom. The molecule has 0 fully saturated rings. The summed E-state index contributed by atoms with van der Waals surface area (Å²) in [6.07, 6.45) is 1.58. The first-order valence-corrected chi connectivity index (χ1v) is 7.78. The number of carbonyl (C=O) groups excluding carboxylic acids is 1. The first kappa shape index (κ1) is 16.1. The number of amides is 1. The van der Waals surface area contributed by atoms with Crippen LogP contribution < -0.4 is 16.0 Å². The van der Waals surface area contributed by atoms with Crippen molar-refractivity contribution in [3.63, 3.8) is 0 Å². The Kier molecular flexibility index (Phi) is 6.02. The summed E-state index contributed by atoms with van der Waals surface area (Å²) in [4.78, 5) is 18.3. The van der Waals surface area contributed by atoms with E-state index in [1.807, 2.05) is 6.07 Å². The van der Waals surface area contributed by atoms with Crippen LogP contribution in [-0.2, 0) is 17.9 Å². The topological polar surface area (TPSA) is 78.7 Å². The Morgan fingerprint density at radius 2 is 2.09 bits per heavy atom. The number of nitrogens with zero attached hydrogens (tertiary/aromatic N) is 1. The zero-order valence-corrected chi connectivity index (χ0v) is 13.5. The number of carbonyl (C=O) groups is 1. The van der Waals surface area contributed by atoms with Gasteiger partial charge in [-0.15, -0.1) is 11.3 Å². The van der Waals surface area contributed by atoms with Crippen LogP contribution >= 0.6 is 11.3 Å². The Hall–Kier alpha value is -2.28. The highest BCUT2D eigenvalue weighted by atomic mass is 32.1. The van der Waals surface area contributed by atoms with E-state index >= 15 is 0 Å². The maximum absolute atomic E-state index is 11.7. The fraction of sp³-hybridized carbons (Fsp3) is 0.333. The highest BCUT2D eigenvalue weighted by Gasteiger charge is 2.05. The second kappa shape index (κ2) is 8.23. The van der Waals surface area contributed by atoms with Crippen LogP contribution in [0.15, 0.2) is 39.9 Å². The van der Waals surface area contributed by atoms with Crippen molar-refractivity contribution in [1.82, 2.24) is 16.0 Å². The van der Waals surface area contributed by atoms with E-state index in [0.717, 1.165) is 5.76 Å². The number of furan rings is 1. The fourth-order valence-corrected chi connectivity index (χ4v) is 2.63. The highest BCUT2D eigenvalue weighted by Crippen LogP contribution is 2.14. The summed E-state index contributed by atoms with van der Waals surface area (Å²) >= 11 is 1.74. The van der Waals surface area contributed by atoms with Gasteiger partial charge in [0.05, 0.1) is 25.9 Å². The Bertz CT molecular complexity index is 619. The number of hydrogen-bond acceptors (Lipinski definition) is 4. The smallest absolute Gasteiger partial charge is 0.239 e. The summed E-state index contributed by atoms with van der Waals surface area (Å²) in [6, 6.07) is 7.77. The highest BCUT2D eigenvalue weighted by molar-refractivity contribution is 7.11. The molecule has 0 saturated carbocycles. The lowest BCUT2D eigenvalue weighted by Crippen LogP contribution is -2.42. The normalized spacial score (nSPS) is 11.3. The summed E-state index contributed by atoms with van der Waals surface area (Å²) < 4.78 is 5.15. The maximum Gasteiger partial charge on any atom is 0.239 e. The van der Waals surface area contributed by atoms with Gasteiger partial charge >= 0.3 is 0 Å². The van der Waals surface area contributed by atoms with Crippen LogP contribution in [0.2, 0.25) is 0 Å². The van der Waals surface area contributed by atoms with Gasteiger partial charge in [0.15, 0.2) is 5.96 Å². The van der Waals surface area contributed by atoms with Gasteiger partial charge in [0.25, 0.3) is 0 Å². The minimum Gasteiger partial charge on any atom is -0.467 e. The monoisotopic (exact) mass is 320 g/mol. The molecule has 0 unspecified atom stereocenters. The van der Waals surface area contributed by atoms with Crippen LogP contribution in [-0.4, -0.2) is 25.5 Å². The van der Waals surface area contributed by atoms with Crippen LogP contribution in [0.3, 0.4) is 0 Å². The molecule has 2 aromatic rings. The molecule has 2 rings (SSSR count). The van der Waals surface area contributed by atoms with Crippen molar-refractivity contribution in [2.75, 3.05) is 13.6 Å². The van der Waals surface area contributed by atoms with E-state index in [0.29, 0.717) is 19.0 Å². The Labute approximate surface area is 133 Å². The summed E-state index contributed by atoms with van der Waals surface area (Å²) in [7, 11) is 1.68. The van der Waals surface area contributed by atoms with Crippen molar-refractivity contribution >= 4 is 23.2 Å². The van der Waals surface area contributed by atoms with Crippen LogP contribution in [0.5, 0.6) is 0 Å². The van der Waals surface area contributed by atoms with Gasteiger partial charge in [-0.25, -0.2) is 0 Å². The lowest BCUT2D eigenvalue weighted by atomic mass is 10.4. The van der Waals surface area contributed by atoms with E-state index in [9.17, 15) is 4.79 Å². The van der Waals surface area contributed by atoms with E-state index in [-0.39, 0.29) is 12.5 Å². The predicted molar refractivity (Wildman–Crippen MR) is 87.8 cm³/mol. The van der Waals surface area contributed by atoms with Crippen molar-refractivity contribution in [3.05, 3.63) is 46.0 Å². The van der Waals surface area contributed by atoms with Gasteiger partial charge in [0, 0.05) is 16.8 Å². The Morgan fingerprint density at radius 1 is 1.23 bits per heavy atom. The molecule has 0 saturated heterocycles. The molecular formula is C15H20N4O2S. The summed E-state index contributed by atoms with van der Waals surface area (Å²) in [5, 5.41) is 8.92. The summed E-state index contributed by atoms with van der Waals surface area (Å²) in [6.45, 7) is 3.30. The molecule has 0 aliphatic heterocycles. The van der Waals surface area contributed by atoms with Gasteiger partial charge in [-0.2, -0.15) is 0 Å². The quantitative estimate of drug-likeness (QED) is 0.558. The Balaban J connectivity index is 1.68. The van der Waals surface area contributed by atoms with Crippen molar-refractivity contribution in [1.29, 1.82) is 0 Å². The van der Waals surface area contributed by atoms with Gasteiger partial charge < -0.3 is 20.4 Å². The predicted octanol–water partition coefficient (Wildman–Crippen LogP) is 1.63. The lowest BCUT2D eigenvalue weighted by Gasteiger charge is -2.11. The van der Waals surface area contributed by atoms with E-state index < -0.39 is 0 Å². The average Bonchev–Trinajstić information content (AvgIpc) is 3.17. The molecule has 0 aliphatic carbocycles. The molecule has 0 bridgehead atoms. The molecule has 2 aromatic heterocycles. The van der Waals surface area contributed by atoms with Crippen molar-refractivity contribution in [2.24, 2.45) is 4.99 Å². The number of nitrogens with one attached hydrogen (secondary N) is 3. The molecule has 22 heavy (non-hydrogen) atoms. The van der Waals surface area contributed by atoms with Crippen LogP contribution in [0.25, 0.3) is 0 Å². The molecule has 118 valence electrons. The van der Waals surface area contributed by atoms with Gasteiger partial charge in [0.2, 0.25) is 5.91 Å². The van der Waals surface area contributed by atoms with Crippen LogP contribution in [0.1, 0.15) is 15.5 Å². The van der Waals surface area contributed by atoms with Crippen molar-refractivity contribution in [3.8, 4) is 0 Å². The maximum atomic E-state index is 11.7. The summed E-state index contributed by atoms with van der Waals surface area (Å²) in [5.41, 5.74) is 0. The number of hydrogen-bond donors (Lipinski definition) is 3. The molecule has 0 aromatic carbocycles. The number of rotatable bonds is 6. The molecule has 6 nitrogen and oxygen atoms in total. The summed E-state index contributed by atoms with van der Waals surface area (Å²) in [5.74, 6) is 1.20. The van der Waals surface area contributed by atoms with Gasteiger partial charge in [-0.3, -0.25) is 9.79 Å². The SMILES string of the molecule is CN=C(NCC(=O)NCc1ccco1)NCc1ccc(C)s1. The van der Waals surface area contributed by atoms with Crippen molar-refractivity contribution in [2.45, 2.75) is 20.0 Å². The molecule has 0 atom stereocenters. The first-order chi connectivity index (χ1) is 10.7. The third-order valence-corrected chi connectivity index (χ3v) is 3.91. The standard InChI is InChI=1S/C15H20N4O2S/c1-11-5-6-13(22-11)9-18-15(16-2)19-10-14(20)17-8-12-4-3-7-21-12/h3-7H,8-10H2,1-2H3,(H,17,20)(H2,16,18,19). The third kappa shape index (κ3) is 5.25. The third-order valence-electron chi connectivity index (χ3n) is 2.91. The van der Waals surface area contributed by atoms with E-state index in [1.165, 1.54) is 9.75 Å². The van der Waals surface area contributed by atoms with E-state index in [2.05, 4.69) is 40.0 Å². The largest absolute Gasteiger partial charge is 0.467 e. The zero-order valence-electron chi connectivity index (χ0n) is 12.7. The van der Waals surface area contributed by atoms with E-state index in [4.69, 9.17) is 4.42 Å². The van der Waals surface area contributed by atoms with Crippen LogP contribution in [0, 0.1) is 6.92 Å². The molecular weight excluding hydrogens is 300 g/mol. The average molecular weight is 320 g/mol. The first-order valence-electron chi connectivity index (χ1n) is 6.96. The molecule has 0 radical (unpaired) electrons. The minimum atomic E-state index is -0.119. The number of aliphatic imine (C=N–C) groups is 1. The number of thiophene rings is 1. The van der Waals surface area contributed by atoms with Gasteiger partial charge in [-0.1, -0.05) is 0 Å². The second-order valence-electron chi connectivity index (χ2n) is 4.65. The minimum absolute atomic E-state index is 0.119. The lowest BCUT2D eigenvalue weighted by molar-refractivity contribution is -0.120. The van der Waals surface area contributed by atoms with Crippen LogP contribution in [0.4, 0.5) is 0 Å². The molecule has 0 spiro atoms. The van der Waals surface area contributed by atoms with E-state index in [1.54, 1.807) is 30.7 Å². The number of aryl methyl sites for hydroxylation is 1. The van der Waals surface area contributed by atoms with Gasteiger partial charge in [-0.05, 0) is 31.2 Å². The molecule has 7 heteroatoms.